The van der Waals surface area contributed by atoms with Gasteiger partial charge in [-0.2, -0.15) is 16.8 Å². The maximum Gasteiger partial charge on any atom is 0.297 e. The number of carbonyl (C=O) groups is 2. The van der Waals surface area contributed by atoms with Gasteiger partial charge in [-0.1, -0.05) is 0 Å². The maximum atomic E-state index is 12.6. The van der Waals surface area contributed by atoms with Crippen LogP contribution in [0.3, 0.4) is 0 Å². The Labute approximate surface area is 191 Å². The molecule has 0 heterocycles. The van der Waals surface area contributed by atoms with Crippen molar-refractivity contribution in [3.8, 4) is 0 Å². The molecule has 0 aliphatic rings. The predicted octanol–water partition coefficient (Wildman–Crippen LogP) is 2.41. The lowest BCUT2D eigenvalue weighted by Crippen LogP contribution is -2.16. The van der Waals surface area contributed by atoms with Crippen molar-refractivity contribution < 1.29 is 45.6 Å². The average Bonchev–Trinajstić information content (AvgIpc) is 2.72. The van der Waals surface area contributed by atoms with E-state index in [1.807, 2.05) is 0 Å². The van der Waals surface area contributed by atoms with Crippen LogP contribution in [0.15, 0.2) is 67.9 Å². The highest BCUT2D eigenvalue weighted by Gasteiger charge is 2.22. The summed E-state index contributed by atoms with van der Waals surface area (Å²) in [6, 6.07) is 4.79. The van der Waals surface area contributed by atoms with E-state index in [-0.39, 0.29) is 11.8 Å². The normalized spacial score (nSPS) is 12.8. The number of aliphatic hydroxyl groups is 1. The molecule has 0 aliphatic heterocycles. The predicted molar refractivity (Wildman–Crippen MR) is 113 cm³/mol. The van der Waals surface area contributed by atoms with Crippen molar-refractivity contribution in [1.29, 1.82) is 0 Å². The van der Waals surface area contributed by atoms with Crippen LogP contribution in [0.1, 0.15) is 17.3 Å². The number of carbonyl (C=O) groups excluding carboxylic acids is 2. The fourth-order valence-corrected chi connectivity index (χ4v) is 3.53. The Morgan fingerprint density at radius 2 is 1.74 bits per heavy atom. The molecule has 0 aromatic heterocycles. The highest BCUT2D eigenvalue weighted by molar-refractivity contribution is 7.86. The summed E-state index contributed by atoms with van der Waals surface area (Å²) in [5.74, 6) is -2.00. The van der Waals surface area contributed by atoms with Gasteiger partial charge >= 0.3 is 0 Å². The Bertz CT molecular complexity index is 1460. The van der Waals surface area contributed by atoms with Crippen LogP contribution in [0, 0.1) is 10.1 Å². The highest BCUT2D eigenvalue weighted by Crippen LogP contribution is 2.29. The van der Waals surface area contributed by atoms with Crippen molar-refractivity contribution >= 4 is 49.5 Å². The lowest BCUT2D eigenvalue weighted by molar-refractivity contribution is -0.385. The van der Waals surface area contributed by atoms with Gasteiger partial charge in [-0.25, -0.2) is 0 Å². The van der Waals surface area contributed by atoms with Gasteiger partial charge in [0.2, 0.25) is 0 Å². The van der Waals surface area contributed by atoms with E-state index in [9.17, 15) is 46.2 Å². The number of benzene rings is 2. The summed E-state index contributed by atoms with van der Waals surface area (Å²) in [4.78, 5) is 32.0. The molecule has 0 radical (unpaired) electrons. The molecule has 2 rings (SSSR count). The van der Waals surface area contributed by atoms with Gasteiger partial charge < -0.3 is 10.4 Å². The molecule has 4 N–H and O–H groups in total. The first-order valence-corrected chi connectivity index (χ1v) is 11.5. The minimum absolute atomic E-state index is 0.211. The molecule has 0 spiro atoms. The molecule has 0 saturated carbocycles. The zero-order chi connectivity index (χ0) is 25.8. The topological polar surface area (TPSA) is 243 Å². The summed E-state index contributed by atoms with van der Waals surface area (Å²) >= 11 is 0. The number of nitro groups is 1. The van der Waals surface area contributed by atoms with Gasteiger partial charge in [0.15, 0.2) is 12.0 Å². The third-order valence-corrected chi connectivity index (χ3v) is 5.68. The van der Waals surface area contributed by atoms with Crippen LogP contribution in [0.2, 0.25) is 0 Å². The highest BCUT2D eigenvalue weighted by atomic mass is 32.2. The fourth-order valence-electron chi connectivity index (χ4n) is 2.38. The zero-order valence-electron chi connectivity index (χ0n) is 16.8. The molecule has 2 aromatic rings. The number of azo groups is 1. The molecule has 0 bridgehead atoms. The van der Waals surface area contributed by atoms with Crippen molar-refractivity contribution in [2.45, 2.75) is 16.7 Å². The number of allylic oxidation sites excluding steroid dienone is 1. The second-order valence-corrected chi connectivity index (χ2v) is 9.13. The Balaban J connectivity index is 2.49. The van der Waals surface area contributed by atoms with Crippen molar-refractivity contribution in [3.05, 3.63) is 63.5 Å². The minimum atomic E-state index is -5.01. The minimum Gasteiger partial charge on any atom is -0.510 e. The number of hydrogen-bond donors (Lipinski definition) is 4. The molecule has 15 nitrogen and oxygen atoms in total. The van der Waals surface area contributed by atoms with E-state index in [4.69, 9.17) is 4.55 Å². The number of nitrogens with zero attached hydrogens (tertiary/aromatic N) is 3. The first-order chi connectivity index (χ1) is 15.6. The number of non-ortho nitro benzene ring substituents is 1. The first kappa shape index (κ1) is 26.2. The number of rotatable bonds is 8. The largest absolute Gasteiger partial charge is 0.510 e. The maximum absolute atomic E-state index is 12.6. The van der Waals surface area contributed by atoms with Crippen LogP contribution in [-0.2, 0) is 25.0 Å². The molecule has 0 atom stereocenters. The van der Waals surface area contributed by atoms with E-state index in [2.05, 4.69) is 15.5 Å². The number of aliphatic hydroxyl groups excluding tert-OH is 1. The molecule has 180 valence electrons. The quantitative estimate of drug-likeness (QED) is 0.0757. The van der Waals surface area contributed by atoms with Gasteiger partial charge in [0.25, 0.3) is 31.8 Å². The lowest BCUT2D eigenvalue weighted by atomic mass is 10.2. The SMILES string of the molecule is C/C(O)=C(\N=Nc1ccc([N+](=O)[O-])cc1S(=O)(=O)O)C(=O)Nc1cc(S(=O)(=O)O)ccc1C=O. The molecule has 0 unspecified atom stereocenters. The first-order valence-electron chi connectivity index (χ1n) is 8.60. The van der Waals surface area contributed by atoms with Crippen LogP contribution in [0.5, 0.6) is 0 Å². The fraction of sp³-hybridized carbons (Fsp3) is 0.0588. The summed E-state index contributed by atoms with van der Waals surface area (Å²) in [7, 11) is -9.71. The monoisotopic (exact) mass is 514 g/mol. The lowest BCUT2D eigenvalue weighted by Gasteiger charge is -2.09. The van der Waals surface area contributed by atoms with E-state index < -0.39 is 69.4 Å². The van der Waals surface area contributed by atoms with Gasteiger partial charge in [0, 0.05) is 17.7 Å². The van der Waals surface area contributed by atoms with Crippen molar-refractivity contribution in [2.24, 2.45) is 10.2 Å². The standard InChI is InChI=1S/C17H14N4O11S2/c1-9(23)16(17(24)18-14-7-12(33(27,28)29)4-2-10(14)8-22)20-19-13-5-3-11(21(25)26)6-15(13)34(30,31)32/h2-8,23H,1H3,(H,18,24)(H,27,28,29)(H,30,31,32)/b16-9+,20-19?. The van der Waals surface area contributed by atoms with Crippen LogP contribution in [-0.4, -0.2) is 48.2 Å². The molecule has 0 fully saturated rings. The van der Waals surface area contributed by atoms with E-state index in [1.165, 1.54) is 0 Å². The summed E-state index contributed by atoms with van der Waals surface area (Å²) < 4.78 is 64.2. The van der Waals surface area contributed by atoms with E-state index in [0.717, 1.165) is 37.3 Å². The molecule has 0 saturated heterocycles. The summed E-state index contributed by atoms with van der Waals surface area (Å²) in [5.41, 5.74) is -2.76. The number of hydrogen-bond acceptors (Lipinski definition) is 11. The number of nitro benzene ring substituents is 1. The zero-order valence-corrected chi connectivity index (χ0v) is 18.4. The van der Waals surface area contributed by atoms with Crippen molar-refractivity contribution in [1.82, 2.24) is 0 Å². The van der Waals surface area contributed by atoms with Crippen molar-refractivity contribution in [3.63, 3.8) is 0 Å². The van der Waals surface area contributed by atoms with E-state index in [1.54, 1.807) is 0 Å². The van der Waals surface area contributed by atoms with Gasteiger partial charge in [-0.3, -0.25) is 28.8 Å². The third-order valence-electron chi connectivity index (χ3n) is 3.95. The summed E-state index contributed by atoms with van der Waals surface area (Å²) in [6.07, 6.45) is 0.259. The Morgan fingerprint density at radius 1 is 1.09 bits per heavy atom. The van der Waals surface area contributed by atoms with Crippen LogP contribution < -0.4 is 5.32 Å². The van der Waals surface area contributed by atoms with Crippen LogP contribution in [0.4, 0.5) is 17.1 Å². The van der Waals surface area contributed by atoms with Gasteiger partial charge in [-0.05, 0) is 31.2 Å². The summed E-state index contributed by atoms with van der Waals surface area (Å²) in [5, 5.41) is 29.6. The third kappa shape index (κ3) is 6.25. The van der Waals surface area contributed by atoms with E-state index >= 15 is 0 Å². The van der Waals surface area contributed by atoms with Gasteiger partial charge in [0.1, 0.15) is 16.3 Å². The molecule has 2 aromatic carbocycles. The van der Waals surface area contributed by atoms with Crippen LogP contribution >= 0.6 is 0 Å². The molecule has 17 heteroatoms. The molecule has 34 heavy (non-hydrogen) atoms. The number of nitrogens with one attached hydrogen (secondary N) is 1. The second-order valence-electron chi connectivity index (χ2n) is 6.31. The van der Waals surface area contributed by atoms with Crippen LogP contribution in [0.25, 0.3) is 0 Å². The number of aldehydes is 1. The van der Waals surface area contributed by atoms with Gasteiger partial charge in [0.05, 0.1) is 15.5 Å². The van der Waals surface area contributed by atoms with Gasteiger partial charge in [-0.15, -0.1) is 10.2 Å². The molecule has 1 amide bonds. The molecular formula is C17H14N4O11S2. The second kappa shape index (κ2) is 9.83. The Hall–Kier alpha value is -4.06. The van der Waals surface area contributed by atoms with Crippen molar-refractivity contribution in [2.75, 3.05) is 5.32 Å². The Morgan fingerprint density at radius 3 is 2.24 bits per heavy atom. The average molecular weight is 514 g/mol. The van der Waals surface area contributed by atoms with E-state index in [0.29, 0.717) is 6.07 Å². The number of anilines is 1. The smallest absolute Gasteiger partial charge is 0.297 e. The summed E-state index contributed by atoms with van der Waals surface area (Å²) in [6.45, 7) is 0.989. The molecule has 0 aliphatic carbocycles. The Kier molecular flexibility index (Phi) is 7.57. The number of amides is 1. The molecular weight excluding hydrogens is 500 g/mol.